The van der Waals surface area contributed by atoms with Gasteiger partial charge in [-0.05, 0) is 25.1 Å². The zero-order valence-corrected chi connectivity index (χ0v) is 11.5. The second-order valence-corrected chi connectivity index (χ2v) is 4.93. The molecule has 102 valence electrons. The number of fused-ring (bicyclic) bond motifs is 1. The molecule has 2 aromatic rings. The van der Waals surface area contributed by atoms with Gasteiger partial charge in [-0.3, -0.25) is 4.79 Å². The van der Waals surface area contributed by atoms with Gasteiger partial charge in [0, 0.05) is 11.1 Å². The number of ether oxygens (including phenoxy) is 1. The number of hydrogen-bond donors (Lipinski definition) is 0. The normalized spacial score (nSPS) is 17.9. The van der Waals surface area contributed by atoms with E-state index in [-0.39, 0.29) is 11.9 Å². The van der Waals surface area contributed by atoms with Crippen molar-refractivity contribution in [3.63, 3.8) is 0 Å². The first-order valence-electron chi connectivity index (χ1n) is 6.85. The maximum Gasteiger partial charge on any atom is 0.254 e. The maximum atomic E-state index is 12.6. The van der Waals surface area contributed by atoms with Crippen LogP contribution in [-0.2, 0) is 0 Å². The molecule has 1 unspecified atom stereocenters. The Balaban J connectivity index is 1.93. The lowest BCUT2D eigenvalue weighted by Crippen LogP contribution is -2.35. The van der Waals surface area contributed by atoms with Gasteiger partial charge in [0.25, 0.3) is 5.91 Å². The third-order valence-corrected chi connectivity index (χ3v) is 3.71. The molecular weight excluding hydrogens is 250 g/mol. The highest BCUT2D eigenvalue weighted by molar-refractivity contribution is 5.94. The molecule has 20 heavy (non-hydrogen) atoms. The van der Waals surface area contributed by atoms with Crippen molar-refractivity contribution in [3.05, 3.63) is 65.7 Å². The molecule has 0 N–H and O–H groups in total. The van der Waals surface area contributed by atoms with E-state index in [4.69, 9.17) is 4.74 Å². The minimum Gasteiger partial charge on any atom is -0.491 e. The summed E-state index contributed by atoms with van der Waals surface area (Å²) in [6.07, 6.45) is 0. The summed E-state index contributed by atoms with van der Waals surface area (Å²) in [7, 11) is 0. The second kappa shape index (κ2) is 5.37. The summed E-state index contributed by atoms with van der Waals surface area (Å²) in [4.78, 5) is 14.5. The third kappa shape index (κ3) is 2.27. The summed E-state index contributed by atoms with van der Waals surface area (Å²) in [5.74, 6) is 0.932. The molecule has 1 heterocycles. The van der Waals surface area contributed by atoms with Gasteiger partial charge in [-0.15, -0.1) is 0 Å². The molecule has 0 saturated carbocycles. The molecule has 1 aliphatic heterocycles. The van der Waals surface area contributed by atoms with E-state index in [2.05, 4.69) is 0 Å². The number of benzene rings is 2. The monoisotopic (exact) mass is 267 g/mol. The van der Waals surface area contributed by atoms with Crippen molar-refractivity contribution in [2.75, 3.05) is 13.2 Å². The van der Waals surface area contributed by atoms with Gasteiger partial charge in [-0.25, -0.2) is 0 Å². The molecule has 3 nitrogen and oxygen atoms in total. The molecule has 0 spiro atoms. The molecule has 1 aliphatic rings. The van der Waals surface area contributed by atoms with E-state index >= 15 is 0 Å². The van der Waals surface area contributed by atoms with E-state index in [1.807, 2.05) is 66.4 Å². The largest absolute Gasteiger partial charge is 0.491 e. The third-order valence-electron chi connectivity index (χ3n) is 3.71. The average molecular weight is 267 g/mol. The van der Waals surface area contributed by atoms with Crippen LogP contribution in [0.3, 0.4) is 0 Å². The predicted molar refractivity (Wildman–Crippen MR) is 77.8 cm³/mol. The van der Waals surface area contributed by atoms with Gasteiger partial charge in [-0.1, -0.05) is 36.4 Å². The number of rotatable bonds is 1. The van der Waals surface area contributed by atoms with Gasteiger partial charge < -0.3 is 9.64 Å². The van der Waals surface area contributed by atoms with Crippen molar-refractivity contribution in [1.29, 1.82) is 0 Å². The number of amides is 1. The van der Waals surface area contributed by atoms with Crippen LogP contribution in [0.2, 0.25) is 0 Å². The molecule has 0 fully saturated rings. The summed E-state index contributed by atoms with van der Waals surface area (Å²) >= 11 is 0. The molecule has 2 aromatic carbocycles. The van der Waals surface area contributed by atoms with Crippen molar-refractivity contribution in [2.45, 2.75) is 13.0 Å². The zero-order chi connectivity index (χ0) is 13.9. The molecule has 3 heteroatoms. The van der Waals surface area contributed by atoms with Crippen LogP contribution in [0.25, 0.3) is 0 Å². The van der Waals surface area contributed by atoms with Gasteiger partial charge in [0.05, 0.1) is 12.6 Å². The topological polar surface area (TPSA) is 29.5 Å². The first-order valence-corrected chi connectivity index (χ1v) is 6.85. The van der Waals surface area contributed by atoms with Crippen LogP contribution in [0.5, 0.6) is 5.75 Å². The van der Waals surface area contributed by atoms with E-state index in [0.29, 0.717) is 13.2 Å². The number of hydrogen-bond acceptors (Lipinski definition) is 2. The highest BCUT2D eigenvalue weighted by atomic mass is 16.5. The fraction of sp³-hybridized carbons (Fsp3) is 0.235. The van der Waals surface area contributed by atoms with Crippen LogP contribution in [0, 0.1) is 0 Å². The minimum absolute atomic E-state index is 0.0152. The number of carbonyl (C=O) groups excluding carboxylic acids is 1. The Morgan fingerprint density at radius 1 is 1.10 bits per heavy atom. The highest BCUT2D eigenvalue weighted by Crippen LogP contribution is 2.32. The van der Waals surface area contributed by atoms with E-state index < -0.39 is 0 Å². The van der Waals surface area contributed by atoms with Gasteiger partial charge in [-0.2, -0.15) is 0 Å². The van der Waals surface area contributed by atoms with Crippen LogP contribution < -0.4 is 4.74 Å². The molecule has 0 aliphatic carbocycles. The van der Waals surface area contributed by atoms with Crippen LogP contribution in [0.1, 0.15) is 28.9 Å². The Morgan fingerprint density at radius 3 is 2.60 bits per heavy atom. The van der Waals surface area contributed by atoms with Crippen LogP contribution in [0.4, 0.5) is 0 Å². The maximum absolute atomic E-state index is 12.6. The second-order valence-electron chi connectivity index (χ2n) is 4.93. The Kier molecular flexibility index (Phi) is 3.42. The smallest absolute Gasteiger partial charge is 0.254 e. The van der Waals surface area contributed by atoms with Crippen molar-refractivity contribution in [2.24, 2.45) is 0 Å². The predicted octanol–water partition coefficient (Wildman–Crippen LogP) is 3.28. The zero-order valence-electron chi connectivity index (χ0n) is 11.5. The van der Waals surface area contributed by atoms with Gasteiger partial charge in [0.15, 0.2) is 0 Å². The van der Waals surface area contributed by atoms with Crippen molar-refractivity contribution >= 4 is 5.91 Å². The lowest BCUT2D eigenvalue weighted by molar-refractivity contribution is 0.0682. The quantitative estimate of drug-likeness (QED) is 0.793. The molecule has 0 saturated heterocycles. The fourth-order valence-electron chi connectivity index (χ4n) is 2.60. The van der Waals surface area contributed by atoms with Crippen molar-refractivity contribution in [3.8, 4) is 5.75 Å². The molecule has 0 radical (unpaired) electrons. The number of carbonyl (C=O) groups is 1. The average Bonchev–Trinajstić information content (AvgIpc) is 2.67. The number of para-hydroxylation sites is 1. The lowest BCUT2D eigenvalue weighted by atomic mass is 10.0. The van der Waals surface area contributed by atoms with Crippen molar-refractivity contribution < 1.29 is 9.53 Å². The van der Waals surface area contributed by atoms with Crippen LogP contribution in [-0.4, -0.2) is 24.0 Å². The summed E-state index contributed by atoms with van der Waals surface area (Å²) in [5.41, 5.74) is 1.79. The van der Waals surface area contributed by atoms with E-state index in [0.717, 1.165) is 16.9 Å². The summed E-state index contributed by atoms with van der Waals surface area (Å²) in [5, 5.41) is 0. The van der Waals surface area contributed by atoms with E-state index in [1.54, 1.807) is 0 Å². The molecular formula is C17H17NO2. The molecule has 0 aromatic heterocycles. The van der Waals surface area contributed by atoms with E-state index in [9.17, 15) is 4.79 Å². The Bertz CT molecular complexity index is 609. The highest BCUT2D eigenvalue weighted by Gasteiger charge is 2.27. The lowest BCUT2D eigenvalue weighted by Gasteiger charge is -2.27. The van der Waals surface area contributed by atoms with Crippen LogP contribution in [0.15, 0.2) is 54.6 Å². The Labute approximate surface area is 118 Å². The summed E-state index contributed by atoms with van der Waals surface area (Å²) in [6.45, 7) is 3.18. The standard InChI is InChI=1S/C17H17NO2/c1-13-15-9-5-6-10-16(15)20-12-11-18(13)17(19)14-7-3-2-4-8-14/h2-10,13H,11-12H2,1H3. The SMILES string of the molecule is CC1c2ccccc2OCCN1C(=O)c1ccccc1. The molecule has 1 amide bonds. The fourth-order valence-corrected chi connectivity index (χ4v) is 2.60. The van der Waals surface area contributed by atoms with Gasteiger partial charge >= 0.3 is 0 Å². The summed E-state index contributed by atoms with van der Waals surface area (Å²) < 4.78 is 5.74. The first kappa shape index (κ1) is 12.7. The van der Waals surface area contributed by atoms with Gasteiger partial charge in [0.1, 0.15) is 12.4 Å². The molecule has 3 rings (SSSR count). The molecule has 1 atom stereocenters. The summed E-state index contributed by atoms with van der Waals surface area (Å²) in [6, 6.07) is 17.3. The number of nitrogens with zero attached hydrogens (tertiary/aromatic N) is 1. The Hall–Kier alpha value is -2.29. The van der Waals surface area contributed by atoms with E-state index in [1.165, 1.54) is 0 Å². The minimum atomic E-state index is 0.0152. The van der Waals surface area contributed by atoms with Gasteiger partial charge in [0.2, 0.25) is 0 Å². The van der Waals surface area contributed by atoms with Crippen molar-refractivity contribution in [1.82, 2.24) is 4.90 Å². The molecule has 0 bridgehead atoms. The van der Waals surface area contributed by atoms with Crippen LogP contribution >= 0.6 is 0 Å². The Morgan fingerprint density at radius 2 is 1.80 bits per heavy atom. The first-order chi connectivity index (χ1) is 9.77.